The molecule has 0 spiro atoms. The summed E-state index contributed by atoms with van der Waals surface area (Å²) in [6.45, 7) is 4.41. The molecule has 0 saturated carbocycles. The fraction of sp³-hybridized carbons (Fsp3) is 0.267. The van der Waals surface area contributed by atoms with Crippen LogP contribution >= 0.6 is 0 Å². The van der Waals surface area contributed by atoms with Crippen molar-refractivity contribution in [2.45, 2.75) is 46.0 Å². The van der Waals surface area contributed by atoms with E-state index < -0.39 is 0 Å². The number of benzene rings is 2. The molecule has 0 nitrogen and oxygen atoms in total. The van der Waals surface area contributed by atoms with Crippen molar-refractivity contribution in [1.82, 2.24) is 0 Å². The largest absolute Gasteiger partial charge is 0.210 e. The summed E-state index contributed by atoms with van der Waals surface area (Å²) < 4.78 is 1.42. The Hall–Kier alpha value is -1.40. The van der Waals surface area contributed by atoms with Crippen molar-refractivity contribution >= 4 is 3.21 Å². The van der Waals surface area contributed by atoms with Gasteiger partial charge in [0.05, 0.1) is 0 Å². The van der Waals surface area contributed by atoms with E-state index in [-0.39, 0.29) is 24.8 Å². The van der Waals surface area contributed by atoms with Crippen LogP contribution in [0.2, 0.25) is 0 Å². The van der Waals surface area contributed by atoms with Crippen LogP contribution in [-0.2, 0) is 37.1 Å². The summed E-state index contributed by atoms with van der Waals surface area (Å²) in [6.07, 6.45) is 13.9. The van der Waals surface area contributed by atoms with E-state index in [0.29, 0.717) is 5.92 Å². The average Bonchev–Trinajstić information content (AvgIpc) is 3.53. The summed E-state index contributed by atoms with van der Waals surface area (Å²) in [5.41, 5.74) is 7.29. The molecule has 0 heterocycles. The van der Waals surface area contributed by atoms with Gasteiger partial charge in [0.15, 0.2) is 0 Å². The third kappa shape index (κ3) is 9.78. The number of hydrogen-bond donors (Lipinski definition) is 0. The molecule has 0 amide bonds. The molecule has 172 valence electrons. The SMILES string of the molecule is CC(C)C1=CC[C-]=C1.[Cl-].[Cl-].[Zr+2]=[C](c1ccccc1)c1ccccc1.c1cc2c([cH-]1)CCCC2. The Morgan fingerprint density at radius 1 is 0.848 bits per heavy atom. The van der Waals surface area contributed by atoms with Crippen molar-refractivity contribution in [1.29, 1.82) is 0 Å². The van der Waals surface area contributed by atoms with Gasteiger partial charge >= 0.3 is 99.2 Å². The summed E-state index contributed by atoms with van der Waals surface area (Å²) in [4.78, 5) is 0. The van der Waals surface area contributed by atoms with Crippen molar-refractivity contribution in [3.05, 3.63) is 125 Å². The molecular weight excluding hydrogens is 522 g/mol. The van der Waals surface area contributed by atoms with Gasteiger partial charge in [-0.05, 0) is 0 Å². The number of fused-ring (bicyclic) bond motifs is 1. The van der Waals surface area contributed by atoms with Gasteiger partial charge < -0.3 is 24.8 Å². The molecular formula is C30H32Cl2Zr-2. The summed E-state index contributed by atoms with van der Waals surface area (Å²) in [6, 6.07) is 27.8. The quantitative estimate of drug-likeness (QED) is 0.430. The Balaban J connectivity index is 0.000000252. The van der Waals surface area contributed by atoms with Crippen LogP contribution in [0.1, 0.15) is 55.4 Å². The fourth-order valence-electron chi connectivity index (χ4n) is 3.80. The molecule has 0 aromatic heterocycles. The van der Waals surface area contributed by atoms with Gasteiger partial charge in [0.1, 0.15) is 0 Å². The average molecular weight is 555 g/mol. The van der Waals surface area contributed by atoms with Crippen LogP contribution in [0.25, 0.3) is 0 Å². The maximum atomic E-state index is 3.14. The molecule has 2 aliphatic carbocycles. The number of hydrogen-bond acceptors (Lipinski definition) is 0. The molecule has 33 heavy (non-hydrogen) atoms. The summed E-state index contributed by atoms with van der Waals surface area (Å²) >= 11 is 1.46. The maximum Gasteiger partial charge on any atom is -0.0512 e. The van der Waals surface area contributed by atoms with E-state index in [2.05, 4.69) is 111 Å². The Bertz CT molecular complexity index is 936. The van der Waals surface area contributed by atoms with Gasteiger partial charge in [0, 0.05) is 0 Å². The number of aryl methyl sites for hydroxylation is 2. The molecule has 0 bridgehead atoms. The number of halogens is 2. The van der Waals surface area contributed by atoms with Crippen LogP contribution < -0.4 is 24.8 Å². The first-order chi connectivity index (χ1) is 15.1. The molecule has 0 radical (unpaired) electrons. The Morgan fingerprint density at radius 2 is 1.42 bits per heavy atom. The van der Waals surface area contributed by atoms with Crippen LogP contribution in [-0.4, -0.2) is 3.21 Å². The van der Waals surface area contributed by atoms with Crippen LogP contribution in [0.5, 0.6) is 0 Å². The van der Waals surface area contributed by atoms with E-state index in [1.807, 2.05) is 0 Å². The molecule has 0 fully saturated rings. The predicted octanol–water partition coefficient (Wildman–Crippen LogP) is 1.43. The first-order valence-corrected chi connectivity index (χ1v) is 12.6. The molecule has 0 aliphatic heterocycles. The second-order valence-electron chi connectivity index (χ2n) is 8.30. The molecule has 3 aromatic carbocycles. The molecule has 3 heteroatoms. The molecule has 5 rings (SSSR count). The van der Waals surface area contributed by atoms with Crippen molar-refractivity contribution in [3.8, 4) is 0 Å². The van der Waals surface area contributed by atoms with Gasteiger partial charge in [-0.15, -0.1) is 6.42 Å². The predicted molar refractivity (Wildman–Crippen MR) is 130 cm³/mol. The molecule has 0 saturated heterocycles. The van der Waals surface area contributed by atoms with Crippen LogP contribution in [0.3, 0.4) is 0 Å². The van der Waals surface area contributed by atoms with Crippen LogP contribution in [0.15, 0.2) is 96.6 Å². The van der Waals surface area contributed by atoms with Gasteiger partial charge in [0.25, 0.3) is 0 Å². The fourth-order valence-corrected chi connectivity index (χ4v) is 4.62. The van der Waals surface area contributed by atoms with Gasteiger partial charge in [-0.25, -0.2) is 12.1 Å². The first-order valence-electron chi connectivity index (χ1n) is 11.3. The molecule has 0 atom stereocenters. The second-order valence-corrected chi connectivity index (χ2v) is 9.53. The van der Waals surface area contributed by atoms with E-state index in [1.54, 1.807) is 11.1 Å². The minimum atomic E-state index is 0. The molecule has 0 unspecified atom stereocenters. The summed E-state index contributed by atoms with van der Waals surface area (Å²) in [5.74, 6) is 0.685. The Morgan fingerprint density at radius 3 is 1.88 bits per heavy atom. The van der Waals surface area contributed by atoms with Crippen molar-refractivity contribution in [3.63, 3.8) is 0 Å². The van der Waals surface area contributed by atoms with Crippen molar-refractivity contribution in [2.75, 3.05) is 0 Å². The normalized spacial score (nSPS) is 13.2. The zero-order valence-electron chi connectivity index (χ0n) is 19.5. The summed E-state index contributed by atoms with van der Waals surface area (Å²) in [5, 5.41) is 0. The smallest absolute Gasteiger partial charge is 0.0512 e. The van der Waals surface area contributed by atoms with Gasteiger partial charge in [-0.1, -0.05) is 45.4 Å². The van der Waals surface area contributed by atoms with Crippen molar-refractivity contribution < 1.29 is 49.0 Å². The topological polar surface area (TPSA) is 0 Å². The van der Waals surface area contributed by atoms with E-state index in [4.69, 9.17) is 0 Å². The third-order valence-electron chi connectivity index (χ3n) is 5.67. The van der Waals surface area contributed by atoms with Crippen LogP contribution in [0.4, 0.5) is 0 Å². The second kappa shape index (κ2) is 16.3. The minimum Gasteiger partial charge on any atom is -0.210 e. The minimum absolute atomic E-state index is 0. The first kappa shape index (κ1) is 29.6. The molecule has 2 aliphatic rings. The van der Waals surface area contributed by atoms with Gasteiger partial charge in [0.2, 0.25) is 0 Å². The van der Waals surface area contributed by atoms with E-state index in [9.17, 15) is 0 Å². The van der Waals surface area contributed by atoms with Gasteiger partial charge in [-0.2, -0.15) is 34.9 Å². The maximum absolute atomic E-state index is 3.14. The molecule has 3 aromatic rings. The van der Waals surface area contributed by atoms with E-state index in [1.165, 1.54) is 69.8 Å². The van der Waals surface area contributed by atoms with Crippen LogP contribution in [0, 0.1) is 12.0 Å². The monoisotopic (exact) mass is 552 g/mol. The standard InChI is InChI=1S/C13H10.C9H11.C8H11.2ClH.Zr/c1-3-7-12(8-4-1)11-13-9-5-2-6-10-13;1-2-5-9-7-3-6-8(9)4-1;1-7(2)8-5-3-4-6-8;;;/h1-10H;3,6-7H,1-2,4-5H2;5-7H,3H2,1-2H3;2*1H;/q;2*-1;;;+2/p-2. The summed E-state index contributed by atoms with van der Waals surface area (Å²) in [7, 11) is 0. The van der Waals surface area contributed by atoms with Gasteiger partial charge in [-0.3, -0.25) is 6.08 Å². The van der Waals surface area contributed by atoms with E-state index in [0.717, 1.165) is 6.42 Å². The third-order valence-corrected chi connectivity index (χ3v) is 7.08. The zero-order chi connectivity index (χ0) is 21.9. The number of rotatable bonds is 3. The number of allylic oxidation sites excluding steroid dienone is 4. The molecule has 0 N–H and O–H groups in total. The van der Waals surface area contributed by atoms with Crippen molar-refractivity contribution in [2.24, 2.45) is 5.92 Å². The Kier molecular flexibility index (Phi) is 14.6. The van der Waals surface area contributed by atoms with E-state index >= 15 is 0 Å². The zero-order valence-corrected chi connectivity index (χ0v) is 23.5. The Labute approximate surface area is 227 Å².